The van der Waals surface area contributed by atoms with Crippen LogP contribution in [0.15, 0.2) is 28.7 Å². The summed E-state index contributed by atoms with van der Waals surface area (Å²) in [5, 5.41) is 0. The van der Waals surface area contributed by atoms with Crippen molar-refractivity contribution in [3.63, 3.8) is 0 Å². The molecule has 3 rings (SSSR count). The molecule has 5 heteroatoms. The number of rotatable bonds is 3. The maximum Gasteiger partial charge on any atom is 0.341 e. The summed E-state index contributed by atoms with van der Waals surface area (Å²) in [5.74, 6) is 0.949. The van der Waals surface area contributed by atoms with Crippen LogP contribution >= 0.6 is 0 Å². The smallest absolute Gasteiger partial charge is 0.341 e. The van der Waals surface area contributed by atoms with Crippen LogP contribution in [0.2, 0.25) is 0 Å². The quantitative estimate of drug-likeness (QED) is 0.693. The lowest BCUT2D eigenvalue weighted by Gasteiger charge is -2.19. The van der Waals surface area contributed by atoms with Crippen LogP contribution in [0.4, 0.5) is 11.4 Å². The molecule has 2 heterocycles. The Morgan fingerprint density at radius 2 is 2.29 bits per heavy atom. The van der Waals surface area contributed by atoms with E-state index in [-0.39, 0.29) is 5.97 Å². The summed E-state index contributed by atoms with van der Waals surface area (Å²) < 4.78 is 10.4. The van der Waals surface area contributed by atoms with Gasteiger partial charge in [-0.2, -0.15) is 0 Å². The van der Waals surface area contributed by atoms with Crippen LogP contribution in [-0.4, -0.2) is 19.6 Å². The van der Waals surface area contributed by atoms with E-state index in [0.717, 1.165) is 30.1 Å². The molecule has 21 heavy (non-hydrogen) atoms. The Morgan fingerprint density at radius 3 is 3.05 bits per heavy atom. The molecule has 0 amide bonds. The van der Waals surface area contributed by atoms with Gasteiger partial charge in [0, 0.05) is 6.54 Å². The van der Waals surface area contributed by atoms with Crippen LogP contribution in [0.5, 0.6) is 0 Å². The van der Waals surface area contributed by atoms with Crippen LogP contribution in [-0.2, 0) is 17.7 Å². The van der Waals surface area contributed by atoms with Crippen LogP contribution in [0, 0.1) is 6.92 Å². The number of ether oxygens (including phenoxy) is 1. The first-order chi connectivity index (χ1) is 10.1. The van der Waals surface area contributed by atoms with Crippen molar-refractivity contribution in [3.05, 3.63) is 46.9 Å². The fraction of sp³-hybridized carbons (Fsp3) is 0.312. The number of para-hydroxylation sites is 1. The number of furan rings is 1. The van der Waals surface area contributed by atoms with Gasteiger partial charge in [0.15, 0.2) is 0 Å². The van der Waals surface area contributed by atoms with Crippen molar-refractivity contribution in [1.29, 1.82) is 0 Å². The van der Waals surface area contributed by atoms with E-state index in [0.29, 0.717) is 17.9 Å². The van der Waals surface area contributed by atoms with E-state index in [1.807, 2.05) is 12.1 Å². The Hall–Kier alpha value is -2.43. The molecule has 1 aromatic carbocycles. The van der Waals surface area contributed by atoms with E-state index >= 15 is 0 Å². The van der Waals surface area contributed by atoms with Gasteiger partial charge in [0.1, 0.15) is 17.1 Å². The van der Waals surface area contributed by atoms with Gasteiger partial charge in [0.05, 0.1) is 25.0 Å². The second kappa shape index (κ2) is 5.16. The number of hydrogen-bond acceptors (Lipinski definition) is 5. The lowest BCUT2D eigenvalue weighted by Crippen LogP contribution is -2.20. The van der Waals surface area contributed by atoms with Crippen molar-refractivity contribution in [3.8, 4) is 0 Å². The van der Waals surface area contributed by atoms with Crippen LogP contribution in [0.25, 0.3) is 0 Å². The van der Waals surface area contributed by atoms with Gasteiger partial charge in [-0.05, 0) is 31.0 Å². The fourth-order valence-electron chi connectivity index (χ4n) is 2.85. The highest BCUT2D eigenvalue weighted by molar-refractivity contribution is 5.90. The SMILES string of the molecule is COC(=O)c1cc(CN2CCc3cccc(N)c32)oc1C. The molecule has 2 aromatic rings. The summed E-state index contributed by atoms with van der Waals surface area (Å²) in [6.07, 6.45) is 0.976. The lowest BCUT2D eigenvalue weighted by atomic mass is 10.1. The van der Waals surface area contributed by atoms with Crippen molar-refractivity contribution in [2.24, 2.45) is 0 Å². The largest absolute Gasteiger partial charge is 0.465 e. The van der Waals surface area contributed by atoms with Crippen LogP contribution in [0.1, 0.15) is 27.4 Å². The topological polar surface area (TPSA) is 68.7 Å². The molecule has 0 saturated carbocycles. The molecule has 0 fully saturated rings. The minimum absolute atomic E-state index is 0.371. The summed E-state index contributed by atoms with van der Waals surface area (Å²) in [5.41, 5.74) is 9.66. The second-order valence-corrected chi connectivity index (χ2v) is 5.20. The van der Waals surface area contributed by atoms with E-state index in [9.17, 15) is 4.79 Å². The van der Waals surface area contributed by atoms with Gasteiger partial charge < -0.3 is 19.8 Å². The molecule has 0 unspecified atom stereocenters. The third-order valence-corrected chi connectivity index (χ3v) is 3.84. The average Bonchev–Trinajstić information content (AvgIpc) is 3.03. The first-order valence-electron chi connectivity index (χ1n) is 6.90. The lowest BCUT2D eigenvalue weighted by molar-refractivity contribution is 0.0599. The number of benzene rings is 1. The number of nitrogen functional groups attached to an aromatic ring is 1. The van der Waals surface area contributed by atoms with Gasteiger partial charge in [-0.1, -0.05) is 12.1 Å². The Kier molecular flexibility index (Phi) is 3.33. The summed E-state index contributed by atoms with van der Waals surface area (Å²) in [6.45, 7) is 3.26. The van der Waals surface area contributed by atoms with Crippen molar-refractivity contribution < 1.29 is 13.9 Å². The van der Waals surface area contributed by atoms with E-state index in [1.165, 1.54) is 12.7 Å². The van der Waals surface area contributed by atoms with Crippen molar-refractivity contribution in [2.75, 3.05) is 24.3 Å². The predicted octanol–water partition coefficient (Wildman–Crippen LogP) is 2.52. The van der Waals surface area contributed by atoms with Crippen molar-refractivity contribution in [1.82, 2.24) is 0 Å². The molecular weight excluding hydrogens is 268 g/mol. The Labute approximate surface area is 123 Å². The van der Waals surface area contributed by atoms with Crippen LogP contribution < -0.4 is 10.6 Å². The number of nitrogens with zero attached hydrogens (tertiary/aromatic N) is 1. The minimum atomic E-state index is -0.371. The molecule has 1 aliphatic heterocycles. The molecule has 0 bridgehead atoms. The molecular formula is C16H18N2O3. The van der Waals surface area contributed by atoms with Gasteiger partial charge in [0.25, 0.3) is 0 Å². The average molecular weight is 286 g/mol. The molecule has 1 aliphatic rings. The predicted molar refractivity (Wildman–Crippen MR) is 80.4 cm³/mol. The van der Waals surface area contributed by atoms with E-state index in [1.54, 1.807) is 13.0 Å². The van der Waals surface area contributed by atoms with Gasteiger partial charge in [-0.3, -0.25) is 0 Å². The summed E-state index contributed by atoms with van der Waals surface area (Å²) in [7, 11) is 1.37. The second-order valence-electron chi connectivity index (χ2n) is 5.20. The molecule has 2 N–H and O–H groups in total. The maximum absolute atomic E-state index is 11.6. The Bertz CT molecular complexity index is 691. The molecule has 1 aromatic heterocycles. The molecule has 0 saturated heterocycles. The number of nitrogens with two attached hydrogens (primary N) is 1. The summed E-state index contributed by atoms with van der Waals surface area (Å²) in [4.78, 5) is 13.8. The summed E-state index contributed by atoms with van der Waals surface area (Å²) in [6, 6.07) is 7.73. The number of methoxy groups -OCH3 is 1. The highest BCUT2D eigenvalue weighted by Crippen LogP contribution is 2.34. The highest BCUT2D eigenvalue weighted by Gasteiger charge is 2.23. The van der Waals surface area contributed by atoms with Crippen molar-refractivity contribution >= 4 is 17.3 Å². The molecule has 0 radical (unpaired) electrons. The molecule has 0 atom stereocenters. The van der Waals surface area contributed by atoms with Gasteiger partial charge in [-0.15, -0.1) is 0 Å². The zero-order valence-corrected chi connectivity index (χ0v) is 12.2. The third-order valence-electron chi connectivity index (χ3n) is 3.84. The number of hydrogen-bond donors (Lipinski definition) is 1. The monoisotopic (exact) mass is 286 g/mol. The van der Waals surface area contributed by atoms with E-state index < -0.39 is 0 Å². The standard InChI is InChI=1S/C16H18N2O3/c1-10-13(16(19)20-2)8-12(21-10)9-18-7-6-11-4-3-5-14(17)15(11)18/h3-5,8H,6-7,9,17H2,1-2H3. The minimum Gasteiger partial charge on any atom is -0.465 e. The van der Waals surface area contributed by atoms with Crippen LogP contribution in [0.3, 0.4) is 0 Å². The van der Waals surface area contributed by atoms with Crippen molar-refractivity contribution in [2.45, 2.75) is 19.9 Å². The maximum atomic E-state index is 11.6. The normalized spacial score (nSPS) is 13.3. The summed E-state index contributed by atoms with van der Waals surface area (Å²) >= 11 is 0. The molecule has 0 aliphatic carbocycles. The zero-order chi connectivity index (χ0) is 15.0. The first kappa shape index (κ1) is 13.5. The van der Waals surface area contributed by atoms with Gasteiger partial charge >= 0.3 is 5.97 Å². The molecule has 5 nitrogen and oxygen atoms in total. The molecule has 0 spiro atoms. The molecule has 110 valence electrons. The Balaban J connectivity index is 1.85. The van der Waals surface area contributed by atoms with Gasteiger partial charge in [-0.25, -0.2) is 4.79 Å². The number of carbonyl (C=O) groups excluding carboxylic acids is 1. The van der Waals surface area contributed by atoms with E-state index in [4.69, 9.17) is 14.9 Å². The number of carbonyl (C=O) groups is 1. The highest BCUT2D eigenvalue weighted by atomic mass is 16.5. The number of anilines is 2. The number of fused-ring (bicyclic) bond motifs is 1. The zero-order valence-electron chi connectivity index (χ0n) is 12.2. The van der Waals surface area contributed by atoms with Gasteiger partial charge in [0.2, 0.25) is 0 Å². The van der Waals surface area contributed by atoms with E-state index in [2.05, 4.69) is 11.0 Å². The first-order valence-corrected chi connectivity index (χ1v) is 6.90. The number of aryl methyl sites for hydroxylation is 1. The number of esters is 1. The fourth-order valence-corrected chi connectivity index (χ4v) is 2.85. The Morgan fingerprint density at radius 1 is 1.48 bits per heavy atom. The third kappa shape index (κ3) is 2.35.